The Morgan fingerprint density at radius 3 is 2.67 bits per heavy atom. The van der Waals surface area contributed by atoms with E-state index in [0.29, 0.717) is 18.2 Å². The zero-order valence-corrected chi connectivity index (χ0v) is 9.07. The molecule has 15 heavy (non-hydrogen) atoms. The highest BCUT2D eigenvalue weighted by Gasteiger charge is 2.12. The first kappa shape index (κ1) is 11.9. The molecule has 1 aromatic heterocycles. The molecule has 1 rings (SSSR count). The third-order valence-corrected chi connectivity index (χ3v) is 2.31. The lowest BCUT2D eigenvalue weighted by atomic mass is 10.0. The van der Waals surface area contributed by atoms with Gasteiger partial charge in [0.2, 0.25) is 0 Å². The van der Waals surface area contributed by atoms with Crippen LogP contribution in [0, 0.1) is 11.7 Å². The first-order valence-electron chi connectivity index (χ1n) is 5.12. The minimum absolute atomic E-state index is 0.136. The Labute approximate surface area is 89.4 Å². The molecule has 0 bridgehead atoms. The average Bonchev–Trinajstić information content (AvgIpc) is 2.20. The lowest BCUT2D eigenvalue weighted by Gasteiger charge is -2.21. The van der Waals surface area contributed by atoms with Crippen LogP contribution in [0.25, 0.3) is 0 Å². The second kappa shape index (κ2) is 5.66. The van der Waals surface area contributed by atoms with E-state index >= 15 is 0 Å². The smallest absolute Gasteiger partial charge is 0.141 e. The molecule has 3 nitrogen and oxygen atoms in total. The molecular weight excluding hydrogens is 195 g/mol. The molecule has 0 saturated carbocycles. The van der Waals surface area contributed by atoms with Gasteiger partial charge < -0.3 is 10.4 Å². The molecule has 2 N–H and O–H groups in total. The monoisotopic (exact) mass is 212 g/mol. The molecule has 1 atom stereocenters. The minimum atomic E-state index is -0.344. The molecular formula is C11H17FN2O. The maximum absolute atomic E-state index is 12.6. The summed E-state index contributed by atoms with van der Waals surface area (Å²) < 4.78 is 12.6. The van der Waals surface area contributed by atoms with Crippen LogP contribution >= 0.6 is 0 Å². The van der Waals surface area contributed by atoms with Crippen LogP contribution in [0.4, 0.5) is 10.2 Å². The number of hydrogen-bond donors (Lipinski definition) is 2. The Balaban J connectivity index is 2.61. The summed E-state index contributed by atoms with van der Waals surface area (Å²) in [6.07, 6.45) is 1.84. The summed E-state index contributed by atoms with van der Waals surface area (Å²) in [5.41, 5.74) is 0. The highest BCUT2D eigenvalue weighted by molar-refractivity contribution is 5.34. The van der Waals surface area contributed by atoms with Gasteiger partial charge in [-0.3, -0.25) is 0 Å². The second-order valence-electron chi connectivity index (χ2n) is 3.87. The number of hydrogen-bond acceptors (Lipinski definition) is 3. The Hall–Kier alpha value is -1.16. The van der Waals surface area contributed by atoms with E-state index in [9.17, 15) is 4.39 Å². The zero-order chi connectivity index (χ0) is 11.3. The van der Waals surface area contributed by atoms with Gasteiger partial charge in [-0.2, -0.15) is 0 Å². The number of rotatable bonds is 5. The van der Waals surface area contributed by atoms with Crippen molar-refractivity contribution < 1.29 is 9.50 Å². The van der Waals surface area contributed by atoms with Crippen molar-refractivity contribution in [3.05, 3.63) is 24.1 Å². The van der Waals surface area contributed by atoms with Gasteiger partial charge in [0.15, 0.2) is 0 Å². The largest absolute Gasteiger partial charge is 0.396 e. The lowest BCUT2D eigenvalue weighted by molar-refractivity contribution is 0.267. The SMILES string of the molecule is CC(C)C(CCO)Nc1ccc(F)cn1. The van der Waals surface area contributed by atoms with E-state index in [1.807, 2.05) is 0 Å². The van der Waals surface area contributed by atoms with E-state index in [4.69, 9.17) is 5.11 Å². The lowest BCUT2D eigenvalue weighted by Crippen LogP contribution is -2.27. The number of anilines is 1. The van der Waals surface area contributed by atoms with Gasteiger partial charge in [0.05, 0.1) is 6.20 Å². The van der Waals surface area contributed by atoms with E-state index in [1.54, 1.807) is 6.07 Å². The number of aliphatic hydroxyl groups excluding tert-OH is 1. The standard InChI is InChI=1S/C11H17FN2O/c1-8(2)10(5-6-15)14-11-4-3-9(12)7-13-11/h3-4,7-8,10,15H,5-6H2,1-2H3,(H,13,14). The van der Waals surface area contributed by atoms with Crippen LogP contribution in [0.1, 0.15) is 20.3 Å². The summed E-state index contributed by atoms with van der Waals surface area (Å²) in [5, 5.41) is 12.1. The number of halogens is 1. The molecule has 1 unspecified atom stereocenters. The summed E-state index contributed by atoms with van der Waals surface area (Å²) in [5.74, 6) is 0.691. The summed E-state index contributed by atoms with van der Waals surface area (Å²) in [7, 11) is 0. The van der Waals surface area contributed by atoms with Crippen molar-refractivity contribution in [1.29, 1.82) is 0 Å². The Kier molecular flexibility index (Phi) is 4.49. The van der Waals surface area contributed by atoms with Gasteiger partial charge in [0.1, 0.15) is 11.6 Å². The number of aromatic nitrogens is 1. The molecule has 0 radical (unpaired) electrons. The van der Waals surface area contributed by atoms with Crippen molar-refractivity contribution >= 4 is 5.82 Å². The Bertz CT molecular complexity index is 287. The van der Waals surface area contributed by atoms with Crippen LogP contribution in [0.2, 0.25) is 0 Å². The molecule has 0 aromatic carbocycles. The number of nitrogens with one attached hydrogen (secondary N) is 1. The molecule has 0 amide bonds. The van der Waals surface area contributed by atoms with Crippen molar-refractivity contribution in [2.75, 3.05) is 11.9 Å². The van der Waals surface area contributed by atoms with Crippen LogP contribution in [0.15, 0.2) is 18.3 Å². The van der Waals surface area contributed by atoms with Crippen LogP contribution in [0.3, 0.4) is 0 Å². The van der Waals surface area contributed by atoms with Crippen molar-refractivity contribution in [2.24, 2.45) is 5.92 Å². The second-order valence-corrected chi connectivity index (χ2v) is 3.87. The predicted octanol–water partition coefficient (Wildman–Crippen LogP) is 2.04. The van der Waals surface area contributed by atoms with Crippen LogP contribution in [-0.2, 0) is 0 Å². The Morgan fingerprint density at radius 2 is 2.20 bits per heavy atom. The fourth-order valence-electron chi connectivity index (χ4n) is 1.36. The number of pyridine rings is 1. The van der Waals surface area contributed by atoms with Gasteiger partial charge >= 0.3 is 0 Å². The van der Waals surface area contributed by atoms with E-state index in [-0.39, 0.29) is 18.5 Å². The van der Waals surface area contributed by atoms with E-state index in [0.717, 1.165) is 0 Å². The summed E-state index contributed by atoms with van der Waals surface area (Å²) in [6, 6.07) is 3.13. The number of aliphatic hydroxyl groups is 1. The molecule has 84 valence electrons. The summed E-state index contributed by atoms with van der Waals surface area (Å²) in [4.78, 5) is 3.91. The van der Waals surface area contributed by atoms with Crippen molar-refractivity contribution in [2.45, 2.75) is 26.3 Å². The van der Waals surface area contributed by atoms with Crippen molar-refractivity contribution in [3.8, 4) is 0 Å². The third-order valence-electron chi connectivity index (χ3n) is 2.31. The molecule has 0 spiro atoms. The molecule has 4 heteroatoms. The molecule has 0 aliphatic rings. The van der Waals surface area contributed by atoms with E-state index in [1.165, 1.54) is 12.3 Å². The molecule has 0 aliphatic heterocycles. The predicted molar refractivity (Wildman–Crippen MR) is 58.1 cm³/mol. The van der Waals surface area contributed by atoms with Gasteiger partial charge in [0.25, 0.3) is 0 Å². The topological polar surface area (TPSA) is 45.1 Å². The highest BCUT2D eigenvalue weighted by Crippen LogP contribution is 2.13. The van der Waals surface area contributed by atoms with E-state index in [2.05, 4.69) is 24.1 Å². The average molecular weight is 212 g/mol. The fourth-order valence-corrected chi connectivity index (χ4v) is 1.36. The molecule has 1 heterocycles. The van der Waals surface area contributed by atoms with Gasteiger partial charge in [-0.25, -0.2) is 9.37 Å². The quantitative estimate of drug-likeness (QED) is 0.785. The maximum Gasteiger partial charge on any atom is 0.141 e. The van der Waals surface area contributed by atoms with Crippen LogP contribution in [-0.4, -0.2) is 22.7 Å². The maximum atomic E-state index is 12.6. The first-order valence-corrected chi connectivity index (χ1v) is 5.12. The fraction of sp³-hybridized carbons (Fsp3) is 0.545. The zero-order valence-electron chi connectivity index (χ0n) is 9.07. The molecule has 0 fully saturated rings. The molecule has 1 aromatic rings. The molecule has 0 aliphatic carbocycles. The van der Waals surface area contributed by atoms with Gasteiger partial charge in [-0.05, 0) is 24.5 Å². The Morgan fingerprint density at radius 1 is 1.47 bits per heavy atom. The summed E-state index contributed by atoms with van der Waals surface area (Å²) >= 11 is 0. The van der Waals surface area contributed by atoms with Crippen LogP contribution < -0.4 is 5.32 Å². The van der Waals surface area contributed by atoms with Crippen LogP contribution in [0.5, 0.6) is 0 Å². The normalized spacial score (nSPS) is 12.9. The van der Waals surface area contributed by atoms with Gasteiger partial charge in [-0.15, -0.1) is 0 Å². The third kappa shape index (κ3) is 3.83. The molecule has 0 saturated heterocycles. The highest BCUT2D eigenvalue weighted by atomic mass is 19.1. The van der Waals surface area contributed by atoms with Gasteiger partial charge in [-0.1, -0.05) is 13.8 Å². The number of nitrogens with zero attached hydrogens (tertiary/aromatic N) is 1. The summed E-state index contributed by atoms with van der Waals surface area (Å²) in [6.45, 7) is 4.27. The first-order chi connectivity index (χ1) is 7.13. The van der Waals surface area contributed by atoms with E-state index < -0.39 is 0 Å². The van der Waals surface area contributed by atoms with Gasteiger partial charge in [0, 0.05) is 12.6 Å². The minimum Gasteiger partial charge on any atom is -0.396 e. The van der Waals surface area contributed by atoms with Crippen molar-refractivity contribution in [1.82, 2.24) is 4.98 Å². The van der Waals surface area contributed by atoms with Crippen molar-refractivity contribution in [3.63, 3.8) is 0 Å².